The summed E-state index contributed by atoms with van der Waals surface area (Å²) in [7, 11) is -2.33. The molecule has 2 aliphatic heterocycles. The van der Waals surface area contributed by atoms with Gasteiger partial charge in [-0.15, -0.1) is 0 Å². The highest BCUT2D eigenvalue weighted by atomic mass is 28.4. The van der Waals surface area contributed by atoms with E-state index in [0.717, 1.165) is 10.9 Å². The summed E-state index contributed by atoms with van der Waals surface area (Å²) < 4.78 is 12.6. The van der Waals surface area contributed by atoms with Crippen molar-refractivity contribution in [3.05, 3.63) is 59.8 Å². The van der Waals surface area contributed by atoms with Gasteiger partial charge >= 0.3 is 5.97 Å². The van der Waals surface area contributed by atoms with Gasteiger partial charge in [0.15, 0.2) is 8.32 Å². The Morgan fingerprint density at radius 1 is 1.12 bits per heavy atom. The van der Waals surface area contributed by atoms with Gasteiger partial charge in [0.1, 0.15) is 24.2 Å². The number of amides is 3. The van der Waals surface area contributed by atoms with E-state index in [1.54, 1.807) is 27.7 Å². The average molecular weight is 692 g/mol. The zero-order chi connectivity index (χ0) is 36.5. The van der Waals surface area contributed by atoms with Crippen LogP contribution in [0.25, 0.3) is 17.0 Å². The van der Waals surface area contributed by atoms with Crippen molar-refractivity contribution in [2.75, 3.05) is 6.54 Å². The van der Waals surface area contributed by atoms with E-state index in [0.29, 0.717) is 36.2 Å². The minimum atomic E-state index is -2.33. The van der Waals surface area contributed by atoms with E-state index in [2.05, 4.69) is 56.5 Å². The maximum absolute atomic E-state index is 14.4. The van der Waals surface area contributed by atoms with Crippen molar-refractivity contribution in [2.45, 2.75) is 117 Å². The molecule has 1 aromatic carbocycles. The van der Waals surface area contributed by atoms with Gasteiger partial charge < -0.3 is 19.8 Å². The summed E-state index contributed by atoms with van der Waals surface area (Å²) in [4.78, 5) is 59.5. The summed E-state index contributed by atoms with van der Waals surface area (Å²) in [6, 6.07) is 6.75. The number of hydrogen-bond acceptors (Lipinski definition) is 8. The summed E-state index contributed by atoms with van der Waals surface area (Å²) in [6.07, 6.45) is 3.51. The number of cyclic esters (lactones) is 1. The highest BCUT2D eigenvalue weighted by Gasteiger charge is 2.46. The lowest BCUT2D eigenvalue weighted by Gasteiger charge is -2.43. The summed E-state index contributed by atoms with van der Waals surface area (Å²) >= 11 is 0. The molecule has 3 heterocycles. The van der Waals surface area contributed by atoms with Crippen molar-refractivity contribution in [3.8, 4) is 0 Å². The molecule has 2 aromatic rings. The predicted octanol–water partition coefficient (Wildman–Crippen LogP) is 5.34. The van der Waals surface area contributed by atoms with Gasteiger partial charge in [-0.25, -0.2) is 10.4 Å². The molecule has 3 amide bonds. The molecule has 12 heteroatoms. The fraction of sp³-hybridized carbons (Fsp3) is 0.541. The number of fused-ring (bicyclic) bond motifs is 4. The number of benzene rings is 1. The van der Waals surface area contributed by atoms with Gasteiger partial charge in [-0.2, -0.15) is 0 Å². The van der Waals surface area contributed by atoms with Crippen LogP contribution in [0.4, 0.5) is 0 Å². The summed E-state index contributed by atoms with van der Waals surface area (Å²) in [6.45, 7) is 23.7. The Kier molecular flexibility index (Phi) is 11.3. The van der Waals surface area contributed by atoms with Crippen LogP contribution in [-0.2, 0) is 28.3 Å². The molecule has 4 rings (SSSR count). The van der Waals surface area contributed by atoms with E-state index in [9.17, 15) is 19.2 Å². The van der Waals surface area contributed by atoms with Gasteiger partial charge in [-0.3, -0.25) is 24.2 Å². The first-order valence-electron chi connectivity index (χ1n) is 17.1. The highest BCUT2D eigenvalue weighted by Crippen LogP contribution is 2.40. The largest absolute Gasteiger partial charge is 0.455 e. The molecule has 1 fully saturated rings. The minimum absolute atomic E-state index is 0.108. The molecule has 49 heavy (non-hydrogen) atoms. The molecule has 1 aromatic heterocycles. The Morgan fingerprint density at radius 3 is 2.45 bits per heavy atom. The number of rotatable bonds is 4. The smallest absolute Gasteiger partial charge is 0.325 e. The number of pyridine rings is 1. The fourth-order valence-corrected chi connectivity index (χ4v) is 7.09. The second kappa shape index (κ2) is 14.5. The molecular formula is C37H53N5O6Si. The van der Waals surface area contributed by atoms with Crippen LogP contribution < -0.4 is 16.1 Å². The first kappa shape index (κ1) is 37.9. The third kappa shape index (κ3) is 8.47. The van der Waals surface area contributed by atoms with Crippen molar-refractivity contribution in [1.82, 2.24) is 26.1 Å². The Bertz CT molecular complexity index is 1650. The average Bonchev–Trinajstić information content (AvgIpc) is 3.03. The number of carbonyl (C=O) groups is 4. The van der Waals surface area contributed by atoms with Crippen molar-refractivity contribution >= 4 is 49.0 Å². The van der Waals surface area contributed by atoms with E-state index < -0.39 is 67.8 Å². The molecule has 266 valence electrons. The summed E-state index contributed by atoms with van der Waals surface area (Å²) in [5, 5.41) is 7.80. The first-order valence-corrected chi connectivity index (χ1v) is 20.0. The minimum Gasteiger partial charge on any atom is -0.455 e. The molecule has 3 N–H and O–H groups in total. The van der Waals surface area contributed by atoms with Crippen molar-refractivity contribution in [1.29, 1.82) is 0 Å². The van der Waals surface area contributed by atoms with Gasteiger partial charge in [0.05, 0.1) is 22.7 Å². The van der Waals surface area contributed by atoms with Gasteiger partial charge in [0.25, 0.3) is 5.91 Å². The van der Waals surface area contributed by atoms with Crippen LogP contribution in [0.5, 0.6) is 0 Å². The lowest BCUT2D eigenvalue weighted by atomic mass is 9.82. The Morgan fingerprint density at radius 2 is 1.80 bits per heavy atom. The number of carbonyl (C=O) groups excluding carboxylic acids is 4. The van der Waals surface area contributed by atoms with Crippen LogP contribution in [0.1, 0.15) is 85.6 Å². The van der Waals surface area contributed by atoms with E-state index in [1.165, 1.54) is 5.01 Å². The molecule has 2 aliphatic rings. The number of ether oxygens (including phenoxy) is 1. The molecule has 2 unspecified atom stereocenters. The van der Waals surface area contributed by atoms with Gasteiger partial charge in [-0.05, 0) is 88.9 Å². The van der Waals surface area contributed by atoms with Crippen LogP contribution in [0, 0.1) is 5.41 Å². The number of aromatic nitrogens is 1. The molecule has 1 saturated heterocycles. The standard InChI is InChI=1S/C37H53N5O6Si/c1-22(2)31-32(43)38-23(3)33(44)42-20-12-13-29(41-42)34(45)47-24(4)28-17-16-27-15-14-26(21-30(27)39-28)18-19-37(9,35(46)40-31)25(5)48-49(10,11)36(6,7)8/h14-19,21,23-25,29,31,41H,1,12-13,20H2,2-11H3,(H,38,43)(H,40,46)/b19-18+/t23-,24+,25?,29-,31-,37?/m0/s1. The fourth-order valence-electron chi connectivity index (χ4n) is 5.61. The van der Waals surface area contributed by atoms with Gasteiger partial charge in [0.2, 0.25) is 11.8 Å². The molecule has 6 atom stereocenters. The van der Waals surface area contributed by atoms with Crippen LogP contribution in [0.15, 0.2) is 48.6 Å². The van der Waals surface area contributed by atoms with Gasteiger partial charge in [-0.1, -0.05) is 57.7 Å². The maximum Gasteiger partial charge on any atom is 0.325 e. The van der Waals surface area contributed by atoms with E-state index in [1.807, 2.05) is 49.4 Å². The predicted molar refractivity (Wildman–Crippen MR) is 193 cm³/mol. The molecule has 0 aliphatic carbocycles. The third-order valence-electron chi connectivity index (χ3n) is 10.2. The van der Waals surface area contributed by atoms with E-state index >= 15 is 0 Å². The molecule has 5 bridgehead atoms. The van der Waals surface area contributed by atoms with Crippen LogP contribution in [-0.4, -0.2) is 72.8 Å². The zero-order valence-electron chi connectivity index (χ0n) is 30.6. The molecule has 0 radical (unpaired) electrons. The van der Waals surface area contributed by atoms with Gasteiger partial charge in [0, 0.05) is 11.9 Å². The SMILES string of the molecule is C=C(C)[C@@H]1NC(=O)C(C)(C(C)O[Si](C)(C)C(C)(C)C)/C=C/c2ccc3ccc(nc3c2)[C@@H](C)OC(=O)[C@@H]2CCCN(N2)C(=O)[C@H](C)NC1=O. The molecule has 0 spiro atoms. The van der Waals surface area contributed by atoms with Crippen LogP contribution in [0.3, 0.4) is 0 Å². The number of nitrogens with zero attached hydrogens (tertiary/aromatic N) is 2. The highest BCUT2D eigenvalue weighted by molar-refractivity contribution is 6.74. The second-order valence-electron chi connectivity index (χ2n) is 15.2. The lowest BCUT2D eigenvalue weighted by molar-refractivity contribution is -0.157. The molecular weight excluding hydrogens is 639 g/mol. The maximum atomic E-state index is 14.4. The monoisotopic (exact) mass is 691 g/mol. The number of esters is 1. The topological polar surface area (TPSA) is 139 Å². The Labute approximate surface area is 291 Å². The van der Waals surface area contributed by atoms with E-state index in [4.69, 9.17) is 14.1 Å². The normalized spacial score (nSPS) is 27.6. The van der Waals surface area contributed by atoms with Crippen LogP contribution >= 0.6 is 0 Å². The number of nitrogens with one attached hydrogen (secondary N) is 3. The van der Waals surface area contributed by atoms with E-state index in [-0.39, 0.29) is 5.04 Å². The van der Waals surface area contributed by atoms with Crippen LogP contribution in [0.2, 0.25) is 18.1 Å². The van der Waals surface area contributed by atoms with Crippen molar-refractivity contribution in [2.24, 2.45) is 5.41 Å². The third-order valence-corrected chi connectivity index (χ3v) is 14.7. The molecule has 0 saturated carbocycles. The number of hydrogen-bond donors (Lipinski definition) is 3. The molecule has 11 nitrogen and oxygen atoms in total. The lowest BCUT2D eigenvalue weighted by Crippen LogP contribution is -2.61. The summed E-state index contributed by atoms with van der Waals surface area (Å²) in [5.74, 6) is -1.92. The summed E-state index contributed by atoms with van der Waals surface area (Å²) in [5.41, 5.74) is 4.26. The number of hydrazine groups is 1. The zero-order valence-corrected chi connectivity index (χ0v) is 31.6. The second-order valence-corrected chi connectivity index (χ2v) is 20.0. The quantitative estimate of drug-likeness (QED) is 0.222. The van der Waals surface area contributed by atoms with Crippen molar-refractivity contribution in [3.63, 3.8) is 0 Å². The first-order chi connectivity index (χ1) is 22.7. The Hall–Kier alpha value is -3.87. The Balaban J connectivity index is 1.81. The van der Waals surface area contributed by atoms with Crippen molar-refractivity contribution < 1.29 is 28.3 Å².